The number of nitrogens with zero attached hydrogens (tertiary/aromatic N) is 2. The number of carbonyl (C=O) groups is 1. The molecule has 0 fully saturated rings. The van der Waals surface area contributed by atoms with E-state index in [1.54, 1.807) is 24.8 Å². The van der Waals surface area contributed by atoms with Gasteiger partial charge in [0.25, 0.3) is 0 Å². The minimum absolute atomic E-state index is 0.0385. The lowest BCUT2D eigenvalue weighted by atomic mass is 9.95. The highest BCUT2D eigenvalue weighted by Crippen LogP contribution is 2.31. The van der Waals surface area contributed by atoms with Crippen LogP contribution in [0.25, 0.3) is 11.1 Å². The number of benzene rings is 1. The number of aliphatic carboxylic acids is 1. The molecule has 0 amide bonds. The molecule has 0 aliphatic carbocycles. The molecular weight excluding hydrogens is 310 g/mol. The Balaban J connectivity index is 2.53. The van der Waals surface area contributed by atoms with Crippen LogP contribution in [0.1, 0.15) is 30.5 Å². The van der Waals surface area contributed by atoms with Crippen LogP contribution in [0, 0.1) is 11.3 Å². The molecular formula is C17H17N3O2S. The van der Waals surface area contributed by atoms with E-state index in [0.29, 0.717) is 16.8 Å². The summed E-state index contributed by atoms with van der Waals surface area (Å²) >= 11 is 1.63. The maximum atomic E-state index is 10.9. The van der Waals surface area contributed by atoms with E-state index in [4.69, 9.17) is 10.8 Å². The number of aromatic nitrogens is 1. The summed E-state index contributed by atoms with van der Waals surface area (Å²) in [6.45, 7) is 1.78. The van der Waals surface area contributed by atoms with E-state index in [1.807, 2.05) is 30.5 Å². The summed E-state index contributed by atoms with van der Waals surface area (Å²) in [7, 11) is 0. The zero-order chi connectivity index (χ0) is 17.0. The van der Waals surface area contributed by atoms with Crippen molar-refractivity contribution in [2.75, 3.05) is 12.0 Å². The molecule has 118 valence electrons. The van der Waals surface area contributed by atoms with Gasteiger partial charge in [-0.1, -0.05) is 19.1 Å². The molecule has 0 aliphatic rings. The minimum atomic E-state index is -0.895. The van der Waals surface area contributed by atoms with Gasteiger partial charge in [-0.05, 0) is 30.0 Å². The molecule has 2 rings (SSSR count). The van der Waals surface area contributed by atoms with Crippen molar-refractivity contribution in [3.8, 4) is 17.2 Å². The first kappa shape index (κ1) is 16.8. The molecule has 3 N–H and O–H groups in total. The first-order valence-electron chi connectivity index (χ1n) is 7.03. The summed E-state index contributed by atoms with van der Waals surface area (Å²) in [4.78, 5) is 16.2. The summed E-state index contributed by atoms with van der Waals surface area (Å²) in [5, 5.41) is 18.3. The summed E-state index contributed by atoms with van der Waals surface area (Å²) in [6.07, 6.45) is 1.95. The fourth-order valence-corrected chi connectivity index (χ4v) is 2.73. The van der Waals surface area contributed by atoms with Crippen molar-refractivity contribution >= 4 is 23.5 Å². The van der Waals surface area contributed by atoms with Crippen LogP contribution in [0.5, 0.6) is 0 Å². The highest BCUT2D eigenvalue weighted by molar-refractivity contribution is 7.98. The van der Waals surface area contributed by atoms with Gasteiger partial charge in [-0.15, -0.1) is 11.8 Å². The van der Waals surface area contributed by atoms with Crippen molar-refractivity contribution in [3.63, 3.8) is 0 Å². The summed E-state index contributed by atoms with van der Waals surface area (Å²) in [6, 6.07) is 11.6. The fraction of sp³-hybridized carbons (Fsp3) is 0.235. The number of hydrogen-bond acceptors (Lipinski definition) is 5. The van der Waals surface area contributed by atoms with Gasteiger partial charge in [-0.3, -0.25) is 4.79 Å². The van der Waals surface area contributed by atoms with Crippen molar-refractivity contribution in [2.45, 2.75) is 24.2 Å². The van der Waals surface area contributed by atoms with Gasteiger partial charge in [0.15, 0.2) is 0 Å². The average Bonchev–Trinajstić information content (AvgIpc) is 2.53. The predicted octanol–water partition coefficient (Wildman–Crippen LogP) is 3.50. The number of rotatable bonds is 5. The highest BCUT2D eigenvalue weighted by Gasteiger charge is 2.17. The Bertz CT molecular complexity index is 767. The second-order valence-corrected chi connectivity index (χ2v) is 6.07. The van der Waals surface area contributed by atoms with E-state index >= 15 is 0 Å². The maximum Gasteiger partial charge on any atom is 0.304 e. The van der Waals surface area contributed by atoms with Gasteiger partial charge in [-0.2, -0.15) is 5.26 Å². The molecule has 23 heavy (non-hydrogen) atoms. The smallest absolute Gasteiger partial charge is 0.304 e. The fourth-order valence-electron chi connectivity index (χ4n) is 2.32. The van der Waals surface area contributed by atoms with Crippen LogP contribution in [-0.4, -0.2) is 22.3 Å². The highest BCUT2D eigenvalue weighted by atomic mass is 32.2. The lowest BCUT2D eigenvalue weighted by Gasteiger charge is -2.14. The normalized spacial score (nSPS) is 11.7. The number of carboxylic acid groups (broad SMARTS) is 1. The molecule has 0 bridgehead atoms. The van der Waals surface area contributed by atoms with E-state index in [9.17, 15) is 10.1 Å². The first-order chi connectivity index (χ1) is 11.0. The Morgan fingerprint density at radius 1 is 1.43 bits per heavy atom. The summed E-state index contributed by atoms with van der Waals surface area (Å²) < 4.78 is 0. The van der Waals surface area contributed by atoms with Crippen molar-refractivity contribution in [1.82, 2.24) is 4.98 Å². The maximum absolute atomic E-state index is 10.9. The number of thioether (sulfide) groups is 1. The third-order valence-corrected chi connectivity index (χ3v) is 4.31. The Kier molecular flexibility index (Phi) is 5.24. The molecule has 1 atom stereocenters. The van der Waals surface area contributed by atoms with Gasteiger partial charge in [0, 0.05) is 22.1 Å². The molecule has 5 nitrogen and oxygen atoms in total. The SMILES string of the molecule is CSc1ccc(-c2cc(C(C)CC(=O)O)nc(N)c2C#N)cc1. The number of nitriles is 1. The van der Waals surface area contributed by atoms with Gasteiger partial charge in [0.1, 0.15) is 17.5 Å². The zero-order valence-corrected chi connectivity index (χ0v) is 13.7. The predicted molar refractivity (Wildman–Crippen MR) is 91.2 cm³/mol. The number of nitrogens with two attached hydrogens (primary N) is 1. The van der Waals surface area contributed by atoms with E-state index in [-0.39, 0.29) is 18.2 Å². The van der Waals surface area contributed by atoms with Gasteiger partial charge < -0.3 is 10.8 Å². The number of nitrogen functional groups attached to an aromatic ring is 1. The van der Waals surface area contributed by atoms with Crippen LogP contribution in [0.3, 0.4) is 0 Å². The Morgan fingerprint density at radius 2 is 2.09 bits per heavy atom. The van der Waals surface area contributed by atoms with Crippen molar-refractivity contribution in [3.05, 3.63) is 41.6 Å². The second-order valence-electron chi connectivity index (χ2n) is 5.19. The number of pyridine rings is 1. The molecule has 2 aromatic rings. The lowest BCUT2D eigenvalue weighted by molar-refractivity contribution is -0.137. The molecule has 6 heteroatoms. The molecule has 0 radical (unpaired) electrons. The van der Waals surface area contributed by atoms with Gasteiger partial charge in [0.2, 0.25) is 0 Å². The van der Waals surface area contributed by atoms with Crippen molar-refractivity contribution in [2.24, 2.45) is 0 Å². The molecule has 0 spiro atoms. The Hall–Kier alpha value is -2.52. The molecule has 0 saturated heterocycles. The van der Waals surface area contributed by atoms with Crippen LogP contribution in [0.4, 0.5) is 5.82 Å². The second kappa shape index (κ2) is 7.16. The minimum Gasteiger partial charge on any atom is -0.481 e. The zero-order valence-electron chi connectivity index (χ0n) is 12.9. The Labute approximate surface area is 139 Å². The average molecular weight is 327 g/mol. The topological polar surface area (TPSA) is 100 Å². The standard InChI is InChI=1S/C17H17N3O2S/c1-10(7-16(21)22)15-8-13(14(9-18)17(19)20-15)11-3-5-12(23-2)6-4-11/h3-6,8,10H,7H2,1-2H3,(H2,19,20)(H,21,22). The van der Waals surface area contributed by atoms with Crippen LogP contribution in [-0.2, 0) is 4.79 Å². The van der Waals surface area contributed by atoms with Crippen molar-refractivity contribution < 1.29 is 9.90 Å². The number of anilines is 1. The molecule has 0 saturated carbocycles. The van der Waals surface area contributed by atoms with E-state index < -0.39 is 5.97 Å². The van der Waals surface area contributed by atoms with E-state index in [1.165, 1.54) is 0 Å². The van der Waals surface area contributed by atoms with E-state index in [2.05, 4.69) is 11.1 Å². The monoisotopic (exact) mass is 327 g/mol. The van der Waals surface area contributed by atoms with Crippen LogP contribution >= 0.6 is 11.8 Å². The van der Waals surface area contributed by atoms with Gasteiger partial charge in [0.05, 0.1) is 6.42 Å². The lowest BCUT2D eigenvalue weighted by Crippen LogP contribution is -2.08. The summed E-state index contributed by atoms with van der Waals surface area (Å²) in [5.74, 6) is -1.05. The molecule has 1 unspecified atom stereocenters. The van der Waals surface area contributed by atoms with Gasteiger partial charge >= 0.3 is 5.97 Å². The molecule has 1 heterocycles. The van der Waals surface area contributed by atoms with Crippen LogP contribution in [0.2, 0.25) is 0 Å². The quantitative estimate of drug-likeness (QED) is 0.815. The molecule has 1 aromatic carbocycles. The third-order valence-electron chi connectivity index (χ3n) is 3.57. The molecule has 1 aromatic heterocycles. The number of carboxylic acids is 1. The van der Waals surface area contributed by atoms with Crippen LogP contribution in [0.15, 0.2) is 35.2 Å². The third kappa shape index (κ3) is 3.82. The summed E-state index contributed by atoms with van der Waals surface area (Å²) in [5.41, 5.74) is 8.34. The van der Waals surface area contributed by atoms with Gasteiger partial charge in [-0.25, -0.2) is 4.98 Å². The molecule has 0 aliphatic heterocycles. The van der Waals surface area contributed by atoms with E-state index in [0.717, 1.165) is 10.5 Å². The van der Waals surface area contributed by atoms with Crippen molar-refractivity contribution in [1.29, 1.82) is 5.26 Å². The van der Waals surface area contributed by atoms with Crippen LogP contribution < -0.4 is 5.73 Å². The number of hydrogen-bond donors (Lipinski definition) is 2. The first-order valence-corrected chi connectivity index (χ1v) is 8.25. The largest absolute Gasteiger partial charge is 0.481 e. The Morgan fingerprint density at radius 3 is 2.61 bits per heavy atom.